The van der Waals surface area contributed by atoms with E-state index in [2.05, 4.69) is 0 Å². The molecule has 0 fully saturated rings. The maximum Gasteiger partial charge on any atom is 0.274 e. The molecule has 0 aliphatic rings. The summed E-state index contributed by atoms with van der Waals surface area (Å²) in [6, 6.07) is 4.08. The van der Waals surface area contributed by atoms with Crippen molar-refractivity contribution in [1.29, 1.82) is 0 Å². The highest BCUT2D eigenvalue weighted by Crippen LogP contribution is 2.28. The highest BCUT2D eigenvalue weighted by atomic mass is 35.5. The quantitative estimate of drug-likeness (QED) is 0.621. The number of nitro benzene ring substituents is 1. The van der Waals surface area contributed by atoms with Gasteiger partial charge in [0.15, 0.2) is 0 Å². The molecule has 5 heteroatoms. The normalized spacial score (nSPS) is 12.5. The number of nitrogens with two attached hydrogens (primary N) is 1. The molecule has 1 atom stereocenters. The monoisotopic (exact) mass is 214 g/mol. The molecular formula is C9H11ClN2O2. The Morgan fingerprint density at radius 2 is 2.29 bits per heavy atom. The highest BCUT2D eigenvalue weighted by Gasteiger charge is 2.18. The Morgan fingerprint density at radius 1 is 1.64 bits per heavy atom. The maximum absolute atomic E-state index is 10.7. The molecule has 0 saturated carbocycles. The van der Waals surface area contributed by atoms with Crippen molar-refractivity contribution in [3.8, 4) is 0 Å². The van der Waals surface area contributed by atoms with Crippen LogP contribution in [-0.4, -0.2) is 4.92 Å². The molecule has 4 nitrogen and oxygen atoms in total. The SMILES string of the molecule is CC[C@H](N)c1cc(Cl)ccc1[N+](=O)[O-]. The van der Waals surface area contributed by atoms with Crippen LogP contribution in [0.3, 0.4) is 0 Å². The van der Waals surface area contributed by atoms with Crippen LogP contribution in [0.15, 0.2) is 18.2 Å². The van der Waals surface area contributed by atoms with Crippen molar-refractivity contribution < 1.29 is 4.92 Å². The molecule has 0 amide bonds. The molecule has 0 aliphatic carbocycles. The second-order valence-corrected chi connectivity index (χ2v) is 3.41. The summed E-state index contributed by atoms with van der Waals surface area (Å²) < 4.78 is 0. The van der Waals surface area contributed by atoms with Gasteiger partial charge >= 0.3 is 0 Å². The Labute approximate surface area is 86.8 Å². The molecule has 0 aromatic heterocycles. The Morgan fingerprint density at radius 3 is 2.79 bits per heavy atom. The average Bonchev–Trinajstić information content (AvgIpc) is 2.16. The molecular weight excluding hydrogens is 204 g/mol. The van der Waals surface area contributed by atoms with Crippen LogP contribution < -0.4 is 5.73 Å². The molecule has 0 radical (unpaired) electrons. The summed E-state index contributed by atoms with van der Waals surface area (Å²) in [6.07, 6.45) is 0.640. The van der Waals surface area contributed by atoms with E-state index in [9.17, 15) is 10.1 Å². The largest absolute Gasteiger partial charge is 0.324 e. The Hall–Kier alpha value is -1.13. The van der Waals surface area contributed by atoms with Crippen LogP contribution in [0.2, 0.25) is 5.02 Å². The van der Waals surface area contributed by atoms with E-state index in [1.165, 1.54) is 12.1 Å². The van der Waals surface area contributed by atoms with Crippen LogP contribution in [0, 0.1) is 10.1 Å². The second kappa shape index (κ2) is 4.39. The molecule has 0 saturated heterocycles. The molecule has 1 aromatic rings. The lowest BCUT2D eigenvalue weighted by atomic mass is 10.0. The van der Waals surface area contributed by atoms with E-state index in [0.29, 0.717) is 17.0 Å². The van der Waals surface area contributed by atoms with Crippen LogP contribution in [0.25, 0.3) is 0 Å². The first kappa shape index (κ1) is 10.9. The van der Waals surface area contributed by atoms with Gasteiger partial charge in [0.25, 0.3) is 5.69 Å². The van der Waals surface area contributed by atoms with E-state index >= 15 is 0 Å². The summed E-state index contributed by atoms with van der Waals surface area (Å²) in [7, 11) is 0. The number of benzene rings is 1. The summed E-state index contributed by atoms with van der Waals surface area (Å²) in [4.78, 5) is 10.2. The van der Waals surface area contributed by atoms with Crippen LogP contribution >= 0.6 is 11.6 Å². The average molecular weight is 215 g/mol. The van der Waals surface area contributed by atoms with Crippen molar-refractivity contribution in [1.82, 2.24) is 0 Å². The molecule has 0 spiro atoms. The molecule has 76 valence electrons. The van der Waals surface area contributed by atoms with Gasteiger partial charge in [-0.3, -0.25) is 10.1 Å². The van der Waals surface area contributed by atoms with Crippen molar-refractivity contribution in [3.05, 3.63) is 38.9 Å². The highest BCUT2D eigenvalue weighted by molar-refractivity contribution is 6.30. The zero-order chi connectivity index (χ0) is 10.7. The van der Waals surface area contributed by atoms with Gasteiger partial charge in [-0.15, -0.1) is 0 Å². The van der Waals surface area contributed by atoms with E-state index in [0.717, 1.165) is 0 Å². The van der Waals surface area contributed by atoms with Crippen molar-refractivity contribution >= 4 is 17.3 Å². The molecule has 2 N–H and O–H groups in total. The van der Waals surface area contributed by atoms with E-state index < -0.39 is 4.92 Å². The number of nitrogens with zero attached hydrogens (tertiary/aromatic N) is 1. The summed E-state index contributed by atoms with van der Waals surface area (Å²) in [6.45, 7) is 1.87. The standard InChI is InChI=1S/C9H11ClN2O2/c1-2-8(11)7-5-6(10)3-4-9(7)12(13)14/h3-5,8H,2,11H2,1H3/t8-/m0/s1. The summed E-state index contributed by atoms with van der Waals surface area (Å²) in [5.41, 5.74) is 6.26. The van der Waals surface area contributed by atoms with Crippen molar-refractivity contribution in [2.75, 3.05) is 0 Å². The topological polar surface area (TPSA) is 69.2 Å². The van der Waals surface area contributed by atoms with Crippen molar-refractivity contribution in [3.63, 3.8) is 0 Å². The van der Waals surface area contributed by atoms with Gasteiger partial charge in [-0.05, 0) is 18.6 Å². The third-order valence-corrected chi connectivity index (χ3v) is 2.26. The molecule has 0 heterocycles. The predicted molar refractivity (Wildman–Crippen MR) is 55.3 cm³/mol. The number of rotatable bonds is 3. The first-order valence-electron chi connectivity index (χ1n) is 4.25. The van der Waals surface area contributed by atoms with Crippen LogP contribution in [0.4, 0.5) is 5.69 Å². The minimum Gasteiger partial charge on any atom is -0.324 e. The summed E-state index contributed by atoms with van der Waals surface area (Å²) in [5, 5.41) is 11.1. The molecule has 0 unspecified atom stereocenters. The summed E-state index contributed by atoms with van der Waals surface area (Å²) >= 11 is 5.74. The molecule has 1 aromatic carbocycles. The van der Waals surface area contributed by atoms with E-state index in [-0.39, 0.29) is 11.7 Å². The maximum atomic E-state index is 10.7. The fourth-order valence-corrected chi connectivity index (χ4v) is 1.39. The smallest absolute Gasteiger partial charge is 0.274 e. The number of nitro groups is 1. The van der Waals surface area contributed by atoms with E-state index in [4.69, 9.17) is 17.3 Å². The van der Waals surface area contributed by atoms with Crippen LogP contribution in [0.1, 0.15) is 24.9 Å². The predicted octanol–water partition coefficient (Wildman–Crippen LogP) is 2.66. The van der Waals surface area contributed by atoms with Gasteiger partial charge in [0.2, 0.25) is 0 Å². The summed E-state index contributed by atoms with van der Waals surface area (Å²) in [5.74, 6) is 0. The lowest BCUT2D eigenvalue weighted by Crippen LogP contribution is -2.11. The molecule has 0 aliphatic heterocycles. The Kier molecular flexibility index (Phi) is 3.43. The van der Waals surface area contributed by atoms with Crippen LogP contribution in [0.5, 0.6) is 0 Å². The van der Waals surface area contributed by atoms with Gasteiger partial charge in [-0.2, -0.15) is 0 Å². The van der Waals surface area contributed by atoms with Gasteiger partial charge in [-0.25, -0.2) is 0 Å². The van der Waals surface area contributed by atoms with Gasteiger partial charge < -0.3 is 5.73 Å². The minimum absolute atomic E-state index is 0.0313. The fourth-order valence-electron chi connectivity index (χ4n) is 1.21. The fraction of sp³-hybridized carbons (Fsp3) is 0.333. The lowest BCUT2D eigenvalue weighted by molar-refractivity contribution is -0.385. The van der Waals surface area contributed by atoms with Gasteiger partial charge in [0.05, 0.1) is 4.92 Å². The van der Waals surface area contributed by atoms with Crippen molar-refractivity contribution in [2.45, 2.75) is 19.4 Å². The number of hydrogen-bond acceptors (Lipinski definition) is 3. The zero-order valence-electron chi connectivity index (χ0n) is 7.74. The van der Waals surface area contributed by atoms with Gasteiger partial charge in [0.1, 0.15) is 0 Å². The third-order valence-electron chi connectivity index (χ3n) is 2.03. The third kappa shape index (κ3) is 2.21. The van der Waals surface area contributed by atoms with Gasteiger partial charge in [0, 0.05) is 22.7 Å². The zero-order valence-corrected chi connectivity index (χ0v) is 8.49. The van der Waals surface area contributed by atoms with E-state index in [1.807, 2.05) is 6.92 Å². The Bertz CT molecular complexity index is 355. The first-order valence-corrected chi connectivity index (χ1v) is 4.63. The van der Waals surface area contributed by atoms with Gasteiger partial charge in [-0.1, -0.05) is 18.5 Å². The van der Waals surface area contributed by atoms with E-state index in [1.54, 1.807) is 6.07 Å². The number of halogens is 1. The van der Waals surface area contributed by atoms with Crippen LogP contribution in [-0.2, 0) is 0 Å². The first-order chi connectivity index (χ1) is 6.56. The molecule has 0 bridgehead atoms. The minimum atomic E-state index is -0.443. The lowest BCUT2D eigenvalue weighted by Gasteiger charge is -2.09. The molecule has 14 heavy (non-hydrogen) atoms. The Balaban J connectivity index is 3.22. The number of hydrogen-bond donors (Lipinski definition) is 1. The molecule has 1 rings (SSSR count). The second-order valence-electron chi connectivity index (χ2n) is 2.97. The van der Waals surface area contributed by atoms with Crippen molar-refractivity contribution in [2.24, 2.45) is 5.73 Å².